The third-order valence-electron chi connectivity index (χ3n) is 5.48. The van der Waals surface area contributed by atoms with Crippen LogP contribution in [0.25, 0.3) is 0 Å². The molecule has 3 aromatic rings. The molecule has 5 heteroatoms. The average Bonchev–Trinajstić information content (AvgIpc) is 2.96. The third-order valence-corrected chi connectivity index (χ3v) is 5.48. The van der Waals surface area contributed by atoms with E-state index in [0.29, 0.717) is 17.0 Å². The van der Waals surface area contributed by atoms with E-state index >= 15 is 0 Å². The lowest BCUT2D eigenvalue weighted by atomic mass is 10.0. The minimum absolute atomic E-state index is 0.113. The van der Waals surface area contributed by atoms with Gasteiger partial charge in [0.25, 0.3) is 5.91 Å². The maximum Gasteiger partial charge on any atom is 0.265 e. The molecule has 1 N–H and O–H groups in total. The van der Waals surface area contributed by atoms with Crippen LogP contribution < -0.4 is 10.2 Å². The molecular formula is C25H23N3O2. The highest BCUT2D eigenvalue weighted by atomic mass is 16.5. The molecule has 0 radical (unpaired) electrons. The molecule has 5 nitrogen and oxygen atoms in total. The number of nitrogens with zero attached hydrogens (tertiary/aromatic N) is 2. The Kier molecular flexibility index (Phi) is 5.03. The second-order valence-corrected chi connectivity index (χ2v) is 7.60. The highest BCUT2D eigenvalue weighted by molar-refractivity contribution is 6.16. The van der Waals surface area contributed by atoms with Crippen molar-refractivity contribution < 1.29 is 9.53 Å². The molecule has 150 valence electrons. The van der Waals surface area contributed by atoms with Crippen LogP contribution in [-0.4, -0.2) is 29.7 Å². The number of ether oxygens (including phenoxy) is 1. The van der Waals surface area contributed by atoms with Gasteiger partial charge in [-0.1, -0.05) is 48.9 Å². The summed E-state index contributed by atoms with van der Waals surface area (Å²) >= 11 is 0. The molecule has 0 unspecified atom stereocenters. The van der Waals surface area contributed by atoms with Gasteiger partial charge < -0.3 is 4.74 Å². The topological polar surface area (TPSA) is 53.9 Å². The van der Waals surface area contributed by atoms with Gasteiger partial charge in [0, 0.05) is 29.8 Å². The molecule has 0 aliphatic carbocycles. The summed E-state index contributed by atoms with van der Waals surface area (Å²) < 4.78 is 6.18. The van der Waals surface area contributed by atoms with Crippen LogP contribution in [0.2, 0.25) is 0 Å². The monoisotopic (exact) mass is 397 g/mol. The molecule has 30 heavy (non-hydrogen) atoms. The number of hydrogen-bond donors (Lipinski definition) is 1. The van der Waals surface area contributed by atoms with Gasteiger partial charge in [0.2, 0.25) is 0 Å². The Hall–Kier alpha value is -3.44. The quantitative estimate of drug-likeness (QED) is 0.524. The summed E-state index contributed by atoms with van der Waals surface area (Å²) in [4.78, 5) is 17.8. The Morgan fingerprint density at radius 3 is 2.47 bits per heavy atom. The van der Waals surface area contributed by atoms with E-state index in [-0.39, 0.29) is 5.91 Å². The van der Waals surface area contributed by atoms with Crippen molar-refractivity contribution in [3.8, 4) is 11.5 Å². The molecule has 1 fully saturated rings. The normalized spacial score (nSPS) is 15.8. The number of para-hydroxylation sites is 1. The molecule has 2 heterocycles. The van der Waals surface area contributed by atoms with E-state index in [2.05, 4.69) is 5.43 Å². The fraction of sp³-hybridized carbons (Fsp3) is 0.200. The van der Waals surface area contributed by atoms with E-state index in [0.717, 1.165) is 48.5 Å². The maximum absolute atomic E-state index is 12.8. The van der Waals surface area contributed by atoms with Crippen molar-refractivity contribution in [3.05, 3.63) is 89.5 Å². The Balaban J connectivity index is 1.53. The van der Waals surface area contributed by atoms with Crippen LogP contribution in [0.3, 0.4) is 0 Å². The molecular weight excluding hydrogens is 374 g/mol. The number of piperidine rings is 1. The number of carbonyl (C=O) groups is 1. The second kappa shape index (κ2) is 8.13. The fourth-order valence-electron chi connectivity index (χ4n) is 3.91. The van der Waals surface area contributed by atoms with Crippen molar-refractivity contribution in [3.63, 3.8) is 0 Å². The smallest absolute Gasteiger partial charge is 0.265 e. The number of hydrogen-bond acceptors (Lipinski definition) is 4. The first-order valence-corrected chi connectivity index (χ1v) is 10.4. The lowest BCUT2D eigenvalue weighted by molar-refractivity contribution is 0.0750. The van der Waals surface area contributed by atoms with Gasteiger partial charge in [-0.2, -0.15) is 0 Å². The van der Waals surface area contributed by atoms with Gasteiger partial charge in [0.1, 0.15) is 11.4 Å². The molecule has 0 atom stereocenters. The summed E-state index contributed by atoms with van der Waals surface area (Å²) in [6, 6.07) is 23.4. The molecule has 0 spiro atoms. The number of hydrazine groups is 1. The van der Waals surface area contributed by atoms with Crippen molar-refractivity contribution >= 4 is 17.3 Å². The molecule has 1 amide bonds. The minimum atomic E-state index is -0.113. The molecule has 2 aliphatic rings. The van der Waals surface area contributed by atoms with E-state index < -0.39 is 0 Å². The highest BCUT2D eigenvalue weighted by Gasteiger charge is 2.21. The van der Waals surface area contributed by atoms with E-state index in [9.17, 15) is 4.79 Å². The summed E-state index contributed by atoms with van der Waals surface area (Å²) in [5.74, 6) is 1.28. The molecule has 2 aliphatic heterocycles. The third kappa shape index (κ3) is 3.72. The van der Waals surface area contributed by atoms with Crippen molar-refractivity contribution in [1.82, 2.24) is 10.4 Å². The van der Waals surface area contributed by atoms with E-state index in [1.807, 2.05) is 71.7 Å². The van der Waals surface area contributed by atoms with Gasteiger partial charge in [-0.25, -0.2) is 10.0 Å². The largest absolute Gasteiger partial charge is 0.454 e. The summed E-state index contributed by atoms with van der Waals surface area (Å²) in [6.07, 6.45) is 3.45. The first kappa shape index (κ1) is 18.6. The molecule has 3 aromatic carbocycles. The average molecular weight is 397 g/mol. The maximum atomic E-state index is 12.8. The van der Waals surface area contributed by atoms with E-state index in [4.69, 9.17) is 9.73 Å². The molecule has 5 rings (SSSR count). The standard InChI is InChI=1S/C25H23N3O2/c29-25(27-28-15-7-2-8-16-28)19-13-14-23-21(17-19)26-24(18-9-3-1-4-10-18)20-11-5-6-12-22(20)30-23/h1,3-6,9-14,17H,2,7-8,15-16H2,(H,27,29). The molecule has 1 saturated heterocycles. The van der Waals surface area contributed by atoms with Crippen LogP contribution in [0, 0.1) is 0 Å². The van der Waals surface area contributed by atoms with Crippen LogP contribution >= 0.6 is 0 Å². The lowest BCUT2D eigenvalue weighted by Gasteiger charge is -2.26. The Bertz CT molecular complexity index is 1100. The number of aliphatic imine (C=N–C) groups is 1. The SMILES string of the molecule is O=C(NN1CCCCC1)c1ccc2c(c1)N=C(c1ccccc1)c1ccccc1O2. The first-order chi connectivity index (χ1) is 14.8. The number of carbonyl (C=O) groups excluding carboxylic acids is 1. The summed E-state index contributed by atoms with van der Waals surface area (Å²) in [5.41, 5.74) is 7.01. The number of benzene rings is 3. The number of fused-ring (bicyclic) bond motifs is 2. The van der Waals surface area contributed by atoms with Crippen molar-refractivity contribution in [2.45, 2.75) is 19.3 Å². The van der Waals surface area contributed by atoms with Crippen molar-refractivity contribution in [2.24, 2.45) is 4.99 Å². The van der Waals surface area contributed by atoms with E-state index in [1.54, 1.807) is 6.07 Å². The van der Waals surface area contributed by atoms with Crippen molar-refractivity contribution in [1.29, 1.82) is 0 Å². The number of rotatable bonds is 3. The summed E-state index contributed by atoms with van der Waals surface area (Å²) in [5, 5.41) is 2.00. The summed E-state index contributed by atoms with van der Waals surface area (Å²) in [7, 11) is 0. The fourth-order valence-corrected chi connectivity index (χ4v) is 3.91. The van der Waals surface area contributed by atoms with Crippen LogP contribution in [-0.2, 0) is 0 Å². The van der Waals surface area contributed by atoms with Gasteiger partial charge in [-0.05, 0) is 43.2 Å². The highest BCUT2D eigenvalue weighted by Crippen LogP contribution is 2.39. The van der Waals surface area contributed by atoms with Gasteiger partial charge in [-0.15, -0.1) is 0 Å². The second-order valence-electron chi connectivity index (χ2n) is 7.60. The lowest BCUT2D eigenvalue weighted by Crippen LogP contribution is -2.45. The Morgan fingerprint density at radius 2 is 1.63 bits per heavy atom. The Labute approximate surface area is 176 Å². The zero-order valence-corrected chi connectivity index (χ0v) is 16.7. The molecule has 0 bridgehead atoms. The van der Waals surface area contributed by atoms with Crippen LogP contribution in [0.15, 0.2) is 77.8 Å². The van der Waals surface area contributed by atoms with Gasteiger partial charge >= 0.3 is 0 Å². The van der Waals surface area contributed by atoms with Crippen LogP contribution in [0.5, 0.6) is 11.5 Å². The molecule has 0 aromatic heterocycles. The summed E-state index contributed by atoms with van der Waals surface area (Å²) in [6.45, 7) is 1.79. The predicted octanol–water partition coefficient (Wildman–Crippen LogP) is 5.09. The van der Waals surface area contributed by atoms with Crippen LogP contribution in [0.4, 0.5) is 5.69 Å². The zero-order chi connectivity index (χ0) is 20.3. The zero-order valence-electron chi connectivity index (χ0n) is 16.7. The predicted molar refractivity (Wildman–Crippen MR) is 118 cm³/mol. The molecule has 0 saturated carbocycles. The van der Waals surface area contributed by atoms with Gasteiger partial charge in [-0.3, -0.25) is 10.2 Å². The number of nitrogens with one attached hydrogen (secondary N) is 1. The van der Waals surface area contributed by atoms with Gasteiger partial charge in [0.05, 0.1) is 5.71 Å². The van der Waals surface area contributed by atoms with Gasteiger partial charge in [0.15, 0.2) is 5.75 Å². The van der Waals surface area contributed by atoms with Crippen LogP contribution in [0.1, 0.15) is 40.7 Å². The minimum Gasteiger partial charge on any atom is -0.454 e. The number of amides is 1. The Morgan fingerprint density at radius 1 is 0.867 bits per heavy atom. The first-order valence-electron chi connectivity index (χ1n) is 10.4. The van der Waals surface area contributed by atoms with E-state index in [1.165, 1.54) is 6.42 Å². The van der Waals surface area contributed by atoms with Crippen molar-refractivity contribution in [2.75, 3.05) is 13.1 Å².